The van der Waals surface area contributed by atoms with E-state index in [1.54, 1.807) is 55.9 Å². The lowest BCUT2D eigenvalue weighted by atomic mass is 10.1. The highest BCUT2D eigenvalue weighted by molar-refractivity contribution is 7.13. The van der Waals surface area contributed by atoms with Crippen LogP contribution < -0.4 is 20.1 Å². The van der Waals surface area contributed by atoms with Gasteiger partial charge in [-0.2, -0.15) is 0 Å². The Kier molecular flexibility index (Phi) is 8.37. The van der Waals surface area contributed by atoms with Crippen LogP contribution in [-0.2, 0) is 13.1 Å². The molecule has 0 bridgehead atoms. The summed E-state index contributed by atoms with van der Waals surface area (Å²) in [5.74, 6) is 0.792. The lowest BCUT2D eigenvalue weighted by Crippen LogP contribution is -2.28. The zero-order valence-corrected chi connectivity index (χ0v) is 20.5. The van der Waals surface area contributed by atoms with Crippen molar-refractivity contribution in [1.29, 1.82) is 0 Å². The molecule has 0 aliphatic rings. The highest BCUT2D eigenvalue weighted by atomic mass is 35.5. The minimum absolute atomic E-state index is 0.226. The van der Waals surface area contributed by atoms with Crippen molar-refractivity contribution in [3.63, 3.8) is 0 Å². The third-order valence-electron chi connectivity index (χ3n) is 4.59. The molecule has 3 rings (SSSR count). The number of thiazole rings is 1. The number of nitrogens with zero attached hydrogens (tertiary/aromatic N) is 2. The van der Waals surface area contributed by atoms with E-state index in [9.17, 15) is 9.59 Å². The number of carbonyl (C=O) groups is 2. The number of methoxy groups -OCH3 is 2. The molecule has 0 saturated heterocycles. The minimum atomic E-state index is -0.408. The normalized spacial score (nSPS) is 10.5. The molecule has 2 aromatic carbocycles. The molecule has 0 atom stereocenters. The maximum absolute atomic E-state index is 12.9. The highest BCUT2D eigenvalue weighted by Gasteiger charge is 2.19. The fraction of sp³-hybridized carbons (Fsp3) is 0.227. The molecule has 3 amide bonds. The van der Waals surface area contributed by atoms with Gasteiger partial charge in [-0.3, -0.25) is 10.1 Å². The fourth-order valence-corrected chi connectivity index (χ4v) is 3.92. The smallest absolute Gasteiger partial charge is 0.321 e. The van der Waals surface area contributed by atoms with Gasteiger partial charge in [0.05, 0.1) is 42.1 Å². The SMILES string of the molecule is COc1ccc(C(=O)N(C)Cc2csc(NC(=O)NCc3ccc(Cl)c(Cl)c3)n2)c(OC)c1. The second-order valence-corrected chi connectivity index (χ2v) is 8.60. The molecule has 0 spiro atoms. The maximum atomic E-state index is 12.9. The van der Waals surface area contributed by atoms with E-state index >= 15 is 0 Å². The van der Waals surface area contributed by atoms with E-state index in [0.717, 1.165) is 5.56 Å². The van der Waals surface area contributed by atoms with Crippen LogP contribution in [-0.4, -0.2) is 43.1 Å². The zero-order valence-electron chi connectivity index (χ0n) is 18.1. The predicted molar refractivity (Wildman–Crippen MR) is 130 cm³/mol. The minimum Gasteiger partial charge on any atom is -0.497 e. The Morgan fingerprint density at radius 2 is 1.88 bits per heavy atom. The molecule has 0 aliphatic heterocycles. The first-order valence-electron chi connectivity index (χ1n) is 9.71. The van der Waals surface area contributed by atoms with Crippen molar-refractivity contribution in [3.8, 4) is 11.5 Å². The van der Waals surface area contributed by atoms with E-state index in [4.69, 9.17) is 32.7 Å². The first kappa shape index (κ1) is 24.6. The summed E-state index contributed by atoms with van der Waals surface area (Å²) in [6.45, 7) is 0.541. The molecule has 2 N–H and O–H groups in total. The van der Waals surface area contributed by atoms with Gasteiger partial charge < -0.3 is 19.7 Å². The van der Waals surface area contributed by atoms with Crippen LogP contribution in [0.25, 0.3) is 0 Å². The summed E-state index contributed by atoms with van der Waals surface area (Å²) in [7, 11) is 4.71. The summed E-state index contributed by atoms with van der Waals surface area (Å²) in [6, 6.07) is 9.74. The Balaban J connectivity index is 1.56. The van der Waals surface area contributed by atoms with E-state index in [1.165, 1.54) is 23.3 Å². The molecule has 0 radical (unpaired) electrons. The van der Waals surface area contributed by atoms with Gasteiger partial charge in [0.2, 0.25) is 0 Å². The molecule has 8 nitrogen and oxygen atoms in total. The quantitative estimate of drug-likeness (QED) is 0.443. The largest absolute Gasteiger partial charge is 0.497 e. The summed E-state index contributed by atoms with van der Waals surface area (Å²) in [5, 5.41) is 8.49. The third-order valence-corrected chi connectivity index (χ3v) is 6.14. The summed E-state index contributed by atoms with van der Waals surface area (Å²) >= 11 is 13.1. The molecule has 3 aromatic rings. The number of urea groups is 1. The lowest BCUT2D eigenvalue weighted by molar-refractivity contribution is 0.0780. The monoisotopic (exact) mass is 508 g/mol. The van der Waals surface area contributed by atoms with Crippen molar-refractivity contribution in [1.82, 2.24) is 15.2 Å². The van der Waals surface area contributed by atoms with Crippen molar-refractivity contribution in [2.24, 2.45) is 0 Å². The molecular formula is C22H22Cl2N4O4S. The first-order chi connectivity index (χ1) is 15.8. The molecule has 0 fully saturated rings. The van der Waals surface area contributed by atoms with Crippen molar-refractivity contribution in [3.05, 3.63) is 68.6 Å². The number of aromatic nitrogens is 1. The number of nitrogens with one attached hydrogen (secondary N) is 2. The number of halogens is 2. The van der Waals surface area contributed by atoms with Crippen LogP contribution in [0, 0.1) is 0 Å². The molecule has 1 heterocycles. The van der Waals surface area contributed by atoms with Gasteiger partial charge in [0, 0.05) is 25.0 Å². The lowest BCUT2D eigenvalue weighted by Gasteiger charge is -2.18. The fourth-order valence-electron chi connectivity index (χ4n) is 2.91. The molecule has 0 aliphatic carbocycles. The van der Waals surface area contributed by atoms with Gasteiger partial charge in [-0.25, -0.2) is 9.78 Å². The molecule has 0 unspecified atom stereocenters. The molecular weight excluding hydrogens is 487 g/mol. The van der Waals surface area contributed by atoms with Gasteiger partial charge in [-0.15, -0.1) is 11.3 Å². The average molecular weight is 509 g/mol. The Hall–Kier alpha value is -3.01. The van der Waals surface area contributed by atoms with Crippen molar-refractivity contribution < 1.29 is 19.1 Å². The second-order valence-electron chi connectivity index (χ2n) is 6.93. The molecule has 174 valence electrons. The van der Waals surface area contributed by atoms with Gasteiger partial charge >= 0.3 is 6.03 Å². The summed E-state index contributed by atoms with van der Waals surface area (Å²) in [4.78, 5) is 30.9. The second kappa shape index (κ2) is 11.2. The number of amides is 3. The maximum Gasteiger partial charge on any atom is 0.321 e. The van der Waals surface area contributed by atoms with E-state index in [0.29, 0.717) is 37.9 Å². The van der Waals surface area contributed by atoms with E-state index in [1.807, 2.05) is 0 Å². The van der Waals surface area contributed by atoms with Crippen LogP contribution in [0.3, 0.4) is 0 Å². The third kappa shape index (κ3) is 6.50. The van der Waals surface area contributed by atoms with Gasteiger partial charge in [0.1, 0.15) is 11.5 Å². The standard InChI is InChI=1S/C22H22Cl2N4O4S/c1-28(20(29)16-6-5-15(31-2)9-19(16)32-3)11-14-12-33-22(26-14)27-21(30)25-10-13-4-7-17(23)18(24)8-13/h4-9,12H,10-11H2,1-3H3,(H2,25,26,27,30). The number of hydrogen-bond donors (Lipinski definition) is 2. The molecule has 11 heteroatoms. The Labute approximate surface area is 205 Å². The number of rotatable bonds is 8. The average Bonchev–Trinajstić information content (AvgIpc) is 3.25. The van der Waals surface area contributed by atoms with Gasteiger partial charge in [0.15, 0.2) is 5.13 Å². The Bertz CT molecular complexity index is 1160. The van der Waals surface area contributed by atoms with Crippen LogP contribution >= 0.6 is 34.5 Å². The van der Waals surface area contributed by atoms with Crippen molar-refractivity contribution >= 4 is 51.6 Å². The molecule has 1 aromatic heterocycles. The van der Waals surface area contributed by atoms with Crippen LogP contribution in [0.1, 0.15) is 21.6 Å². The summed E-state index contributed by atoms with van der Waals surface area (Å²) < 4.78 is 10.5. The van der Waals surface area contributed by atoms with Gasteiger partial charge in [0.25, 0.3) is 5.91 Å². The van der Waals surface area contributed by atoms with E-state index < -0.39 is 6.03 Å². The Morgan fingerprint density at radius 3 is 2.58 bits per heavy atom. The molecule has 33 heavy (non-hydrogen) atoms. The number of anilines is 1. The zero-order chi connectivity index (χ0) is 24.0. The topological polar surface area (TPSA) is 92.8 Å². The summed E-state index contributed by atoms with van der Waals surface area (Å²) in [6.07, 6.45) is 0. The van der Waals surface area contributed by atoms with E-state index in [2.05, 4.69) is 15.6 Å². The number of ether oxygens (including phenoxy) is 2. The van der Waals surface area contributed by atoms with Gasteiger partial charge in [-0.1, -0.05) is 29.3 Å². The first-order valence-corrected chi connectivity index (χ1v) is 11.3. The molecule has 0 saturated carbocycles. The summed E-state index contributed by atoms with van der Waals surface area (Å²) in [5.41, 5.74) is 1.87. The van der Waals surface area contributed by atoms with Crippen LogP contribution in [0.15, 0.2) is 41.8 Å². The highest BCUT2D eigenvalue weighted by Crippen LogP contribution is 2.26. The predicted octanol–water partition coefficient (Wildman–Crippen LogP) is 5.06. The van der Waals surface area contributed by atoms with Crippen molar-refractivity contribution in [2.45, 2.75) is 13.1 Å². The van der Waals surface area contributed by atoms with E-state index in [-0.39, 0.29) is 19.0 Å². The number of hydrogen-bond acceptors (Lipinski definition) is 6. The number of carbonyl (C=O) groups excluding carboxylic acids is 2. The van der Waals surface area contributed by atoms with Crippen LogP contribution in [0.4, 0.5) is 9.93 Å². The van der Waals surface area contributed by atoms with Crippen molar-refractivity contribution in [2.75, 3.05) is 26.6 Å². The van der Waals surface area contributed by atoms with Crippen LogP contribution in [0.5, 0.6) is 11.5 Å². The Morgan fingerprint density at radius 1 is 1.09 bits per heavy atom. The number of benzene rings is 2. The van der Waals surface area contributed by atoms with Gasteiger partial charge in [-0.05, 0) is 29.8 Å². The van der Waals surface area contributed by atoms with Crippen LogP contribution in [0.2, 0.25) is 10.0 Å².